The van der Waals surface area contributed by atoms with Crippen molar-refractivity contribution in [3.8, 4) is 0 Å². The molecule has 0 bridgehead atoms. The van der Waals surface area contributed by atoms with Gasteiger partial charge in [-0.1, -0.05) is 11.6 Å². The van der Waals surface area contributed by atoms with E-state index in [2.05, 4.69) is 27.8 Å². The molecule has 3 nitrogen and oxygen atoms in total. The highest BCUT2D eigenvalue weighted by molar-refractivity contribution is 7.17. The van der Waals surface area contributed by atoms with Gasteiger partial charge < -0.3 is 5.32 Å². The summed E-state index contributed by atoms with van der Waals surface area (Å²) in [6.45, 7) is 4.60. The van der Waals surface area contributed by atoms with Crippen molar-refractivity contribution in [3.05, 3.63) is 51.5 Å². The molecule has 0 radical (unpaired) electrons. The molecule has 0 aliphatic carbocycles. The third-order valence-electron chi connectivity index (χ3n) is 3.06. The maximum Gasteiger partial charge on any atom is 0.194 e. The molecule has 0 atom stereocenters. The highest BCUT2D eigenvalue weighted by Gasteiger charge is 2.11. The van der Waals surface area contributed by atoms with Gasteiger partial charge in [0, 0.05) is 21.8 Å². The van der Waals surface area contributed by atoms with Crippen molar-refractivity contribution in [2.75, 3.05) is 5.32 Å². The lowest BCUT2D eigenvalue weighted by molar-refractivity contribution is 0.628. The minimum Gasteiger partial charge on any atom is -0.379 e. The van der Waals surface area contributed by atoms with Crippen molar-refractivity contribution in [1.82, 2.24) is 9.38 Å². The van der Waals surface area contributed by atoms with Gasteiger partial charge in [-0.3, -0.25) is 4.40 Å². The predicted octanol–water partition coefficient (Wildman–Crippen LogP) is 4.42. The van der Waals surface area contributed by atoms with E-state index in [1.54, 1.807) is 17.4 Å². The molecule has 20 heavy (non-hydrogen) atoms. The third-order valence-corrected chi connectivity index (χ3v) is 4.18. The quantitative estimate of drug-likeness (QED) is 0.776. The summed E-state index contributed by atoms with van der Waals surface area (Å²) in [5.74, 6) is -0.346. The Morgan fingerprint density at radius 3 is 2.90 bits per heavy atom. The number of fused-ring (bicyclic) bond motifs is 1. The standard InChI is InChI=1S/C14H13ClFN3S/c1-8-7-19-13(9(2)18-14(19)20-8)6-17-12-4-10(15)3-11(16)5-12/h3-5,7,17H,6H2,1-2H3. The molecule has 0 amide bonds. The molecule has 1 N–H and O–H groups in total. The van der Waals surface area contributed by atoms with Crippen LogP contribution in [0, 0.1) is 19.7 Å². The number of aromatic nitrogens is 2. The number of aryl methyl sites for hydroxylation is 2. The minimum absolute atomic E-state index is 0.346. The van der Waals surface area contributed by atoms with Gasteiger partial charge in [0.05, 0.1) is 17.9 Å². The maximum atomic E-state index is 13.3. The highest BCUT2D eigenvalue weighted by Crippen LogP contribution is 2.23. The maximum absolute atomic E-state index is 13.3. The predicted molar refractivity (Wildman–Crippen MR) is 81.3 cm³/mol. The van der Waals surface area contributed by atoms with Crippen LogP contribution in [0.2, 0.25) is 5.02 Å². The summed E-state index contributed by atoms with van der Waals surface area (Å²) in [6, 6.07) is 4.42. The molecule has 2 aromatic heterocycles. The first-order valence-electron chi connectivity index (χ1n) is 6.17. The Labute approximate surface area is 125 Å². The van der Waals surface area contributed by atoms with E-state index in [0.29, 0.717) is 17.3 Å². The number of halogens is 2. The van der Waals surface area contributed by atoms with Gasteiger partial charge in [0.1, 0.15) is 5.82 Å². The highest BCUT2D eigenvalue weighted by atomic mass is 35.5. The first-order valence-corrected chi connectivity index (χ1v) is 7.36. The summed E-state index contributed by atoms with van der Waals surface area (Å²) in [5.41, 5.74) is 2.72. The summed E-state index contributed by atoms with van der Waals surface area (Å²) in [7, 11) is 0. The number of benzene rings is 1. The summed E-state index contributed by atoms with van der Waals surface area (Å²) in [5, 5.41) is 3.57. The lowest BCUT2D eigenvalue weighted by Gasteiger charge is -2.07. The van der Waals surface area contributed by atoms with Crippen LogP contribution in [0.25, 0.3) is 4.96 Å². The second-order valence-electron chi connectivity index (χ2n) is 4.65. The number of thiazole rings is 1. The number of rotatable bonds is 3. The molecule has 6 heteroatoms. The number of nitrogens with one attached hydrogen (secondary N) is 1. The summed E-state index contributed by atoms with van der Waals surface area (Å²) >= 11 is 7.50. The molecule has 0 aliphatic rings. The monoisotopic (exact) mass is 309 g/mol. The molecule has 0 unspecified atom stereocenters. The van der Waals surface area contributed by atoms with Gasteiger partial charge >= 0.3 is 0 Å². The lowest BCUT2D eigenvalue weighted by Crippen LogP contribution is -2.03. The van der Waals surface area contributed by atoms with Gasteiger partial charge in [-0.05, 0) is 32.0 Å². The van der Waals surface area contributed by atoms with Crippen LogP contribution in [0.4, 0.5) is 10.1 Å². The van der Waals surface area contributed by atoms with Crippen molar-refractivity contribution in [2.45, 2.75) is 20.4 Å². The van der Waals surface area contributed by atoms with Gasteiger partial charge in [0.2, 0.25) is 0 Å². The third kappa shape index (κ3) is 2.51. The van der Waals surface area contributed by atoms with Crippen molar-refractivity contribution in [3.63, 3.8) is 0 Å². The van der Waals surface area contributed by atoms with Crippen LogP contribution in [0.5, 0.6) is 0 Å². The van der Waals surface area contributed by atoms with Gasteiger partial charge in [-0.2, -0.15) is 0 Å². The Kier molecular flexibility index (Phi) is 3.40. The SMILES string of the molecule is Cc1cn2c(CNc3cc(F)cc(Cl)c3)c(C)nc2s1. The van der Waals surface area contributed by atoms with E-state index in [9.17, 15) is 4.39 Å². The number of imidazole rings is 1. The van der Waals surface area contributed by atoms with Crippen LogP contribution >= 0.6 is 22.9 Å². The number of hydrogen-bond acceptors (Lipinski definition) is 3. The van der Waals surface area contributed by atoms with E-state index < -0.39 is 0 Å². The summed E-state index contributed by atoms with van der Waals surface area (Å²) in [6.07, 6.45) is 2.07. The molecular formula is C14H13ClFN3S. The van der Waals surface area contributed by atoms with Crippen molar-refractivity contribution < 1.29 is 4.39 Å². The largest absolute Gasteiger partial charge is 0.379 e. The van der Waals surface area contributed by atoms with E-state index in [1.165, 1.54) is 17.0 Å². The van der Waals surface area contributed by atoms with Gasteiger partial charge in [-0.25, -0.2) is 9.37 Å². The van der Waals surface area contributed by atoms with E-state index in [4.69, 9.17) is 11.6 Å². The molecular weight excluding hydrogens is 297 g/mol. The van der Waals surface area contributed by atoms with Crippen LogP contribution in [0.1, 0.15) is 16.3 Å². The van der Waals surface area contributed by atoms with E-state index in [0.717, 1.165) is 16.3 Å². The Morgan fingerprint density at radius 2 is 2.15 bits per heavy atom. The van der Waals surface area contributed by atoms with Crippen LogP contribution in [0.3, 0.4) is 0 Å². The fourth-order valence-corrected chi connectivity index (χ4v) is 3.28. The zero-order valence-electron chi connectivity index (χ0n) is 11.1. The fraction of sp³-hybridized carbons (Fsp3) is 0.214. The van der Waals surface area contributed by atoms with Crippen LogP contribution in [-0.2, 0) is 6.54 Å². The van der Waals surface area contributed by atoms with E-state index >= 15 is 0 Å². The Bertz CT molecular complexity index is 758. The molecule has 0 aliphatic heterocycles. The Hall–Kier alpha value is -1.59. The smallest absolute Gasteiger partial charge is 0.194 e. The second-order valence-corrected chi connectivity index (χ2v) is 6.30. The van der Waals surface area contributed by atoms with Crippen LogP contribution < -0.4 is 5.32 Å². The molecule has 3 rings (SSSR count). The van der Waals surface area contributed by atoms with E-state index in [1.807, 2.05) is 6.92 Å². The zero-order valence-corrected chi connectivity index (χ0v) is 12.6. The molecule has 104 valence electrons. The van der Waals surface area contributed by atoms with Gasteiger partial charge in [0.25, 0.3) is 0 Å². The topological polar surface area (TPSA) is 29.3 Å². The summed E-state index contributed by atoms with van der Waals surface area (Å²) < 4.78 is 15.4. The number of nitrogens with zero attached hydrogens (tertiary/aromatic N) is 2. The average Bonchev–Trinajstić information content (AvgIpc) is 2.81. The average molecular weight is 310 g/mol. The second kappa shape index (κ2) is 5.07. The molecule has 0 fully saturated rings. The minimum atomic E-state index is -0.346. The van der Waals surface area contributed by atoms with Crippen molar-refractivity contribution in [2.24, 2.45) is 0 Å². The van der Waals surface area contributed by atoms with E-state index in [-0.39, 0.29) is 5.82 Å². The molecule has 0 spiro atoms. The number of hydrogen-bond donors (Lipinski definition) is 1. The molecule has 2 heterocycles. The Balaban J connectivity index is 1.87. The molecule has 1 aromatic carbocycles. The zero-order chi connectivity index (χ0) is 14.3. The Morgan fingerprint density at radius 1 is 1.35 bits per heavy atom. The lowest BCUT2D eigenvalue weighted by atomic mass is 10.3. The van der Waals surface area contributed by atoms with Crippen LogP contribution in [-0.4, -0.2) is 9.38 Å². The molecule has 0 saturated heterocycles. The fourth-order valence-electron chi connectivity index (χ4n) is 2.16. The number of anilines is 1. The normalized spacial score (nSPS) is 11.2. The van der Waals surface area contributed by atoms with Gasteiger partial charge in [0.15, 0.2) is 4.96 Å². The first-order chi connectivity index (χ1) is 9.52. The molecule has 0 saturated carbocycles. The molecule has 3 aromatic rings. The first kappa shape index (κ1) is 13.4. The van der Waals surface area contributed by atoms with Crippen LogP contribution in [0.15, 0.2) is 24.4 Å². The van der Waals surface area contributed by atoms with Crippen molar-refractivity contribution >= 4 is 33.6 Å². The van der Waals surface area contributed by atoms with Gasteiger partial charge in [-0.15, -0.1) is 11.3 Å². The van der Waals surface area contributed by atoms with Crippen molar-refractivity contribution in [1.29, 1.82) is 0 Å². The summed E-state index contributed by atoms with van der Waals surface area (Å²) in [4.78, 5) is 6.71.